The van der Waals surface area contributed by atoms with E-state index in [1.807, 2.05) is 20.8 Å². The second-order valence-electron chi connectivity index (χ2n) is 3.60. The van der Waals surface area contributed by atoms with Crippen LogP contribution in [0.25, 0.3) is 0 Å². The highest BCUT2D eigenvalue weighted by Crippen LogP contribution is 2.23. The summed E-state index contributed by atoms with van der Waals surface area (Å²) in [6.07, 6.45) is 0. The van der Waals surface area contributed by atoms with E-state index < -0.39 is 0 Å². The van der Waals surface area contributed by atoms with Crippen molar-refractivity contribution in [2.45, 2.75) is 33.3 Å². The quantitative estimate of drug-likeness (QED) is 0.745. The van der Waals surface area contributed by atoms with Crippen LogP contribution in [0, 0.1) is 12.7 Å². The highest BCUT2D eigenvalue weighted by Gasteiger charge is 2.10. The lowest BCUT2D eigenvalue weighted by molar-refractivity contribution is 0.279. The van der Waals surface area contributed by atoms with Crippen molar-refractivity contribution in [1.82, 2.24) is 0 Å². The van der Waals surface area contributed by atoms with Crippen LogP contribution in [0.2, 0.25) is 0 Å². The van der Waals surface area contributed by atoms with Crippen molar-refractivity contribution in [3.05, 3.63) is 34.6 Å². The maximum Gasteiger partial charge on any atom is 0.123 e. The first kappa shape index (κ1) is 10.2. The zero-order valence-corrected chi connectivity index (χ0v) is 8.26. The molecule has 0 saturated carbocycles. The van der Waals surface area contributed by atoms with Crippen molar-refractivity contribution in [3.63, 3.8) is 0 Å². The fourth-order valence-electron chi connectivity index (χ4n) is 1.53. The molecule has 72 valence electrons. The van der Waals surface area contributed by atoms with Gasteiger partial charge < -0.3 is 5.11 Å². The van der Waals surface area contributed by atoms with Gasteiger partial charge in [-0.1, -0.05) is 13.8 Å². The Morgan fingerprint density at radius 1 is 1.38 bits per heavy atom. The molecule has 1 aromatic carbocycles. The molecule has 1 rings (SSSR count). The van der Waals surface area contributed by atoms with Crippen LogP contribution in [0.4, 0.5) is 4.39 Å². The van der Waals surface area contributed by atoms with E-state index in [4.69, 9.17) is 5.11 Å². The van der Waals surface area contributed by atoms with Crippen LogP contribution in [0.3, 0.4) is 0 Å². The summed E-state index contributed by atoms with van der Waals surface area (Å²) in [5.74, 6) is 0.0231. The highest BCUT2D eigenvalue weighted by atomic mass is 19.1. The van der Waals surface area contributed by atoms with Gasteiger partial charge in [0.1, 0.15) is 5.82 Å². The molecule has 0 radical (unpaired) electrons. The molecule has 0 heterocycles. The smallest absolute Gasteiger partial charge is 0.123 e. The molecule has 0 aliphatic heterocycles. The molecule has 1 aromatic rings. The van der Waals surface area contributed by atoms with Gasteiger partial charge in [0.15, 0.2) is 0 Å². The fourth-order valence-corrected chi connectivity index (χ4v) is 1.53. The van der Waals surface area contributed by atoms with Gasteiger partial charge in [-0.25, -0.2) is 4.39 Å². The maximum atomic E-state index is 13.0. The lowest BCUT2D eigenvalue weighted by Gasteiger charge is -2.13. The second-order valence-corrected chi connectivity index (χ2v) is 3.60. The van der Waals surface area contributed by atoms with E-state index in [-0.39, 0.29) is 18.3 Å². The van der Waals surface area contributed by atoms with Crippen LogP contribution < -0.4 is 0 Å². The third-order valence-corrected chi connectivity index (χ3v) is 2.25. The summed E-state index contributed by atoms with van der Waals surface area (Å²) in [5, 5.41) is 9.12. The number of hydrogen-bond acceptors (Lipinski definition) is 1. The van der Waals surface area contributed by atoms with Crippen molar-refractivity contribution < 1.29 is 9.50 Å². The van der Waals surface area contributed by atoms with Crippen LogP contribution in [0.5, 0.6) is 0 Å². The Bertz CT molecular complexity index is 305. The lowest BCUT2D eigenvalue weighted by atomic mass is 9.94. The fraction of sp³-hybridized carbons (Fsp3) is 0.455. The molecule has 0 saturated heterocycles. The molecule has 0 amide bonds. The van der Waals surface area contributed by atoms with E-state index in [0.717, 1.165) is 16.7 Å². The van der Waals surface area contributed by atoms with E-state index in [1.165, 1.54) is 12.1 Å². The Hall–Kier alpha value is -0.890. The van der Waals surface area contributed by atoms with Crippen LogP contribution in [0.1, 0.15) is 36.5 Å². The highest BCUT2D eigenvalue weighted by molar-refractivity contribution is 5.36. The first-order chi connectivity index (χ1) is 6.06. The summed E-state index contributed by atoms with van der Waals surface area (Å²) in [6, 6.07) is 2.96. The van der Waals surface area contributed by atoms with Crippen LogP contribution in [-0.2, 0) is 6.61 Å². The summed E-state index contributed by atoms with van der Waals surface area (Å²) in [6.45, 7) is 5.79. The second kappa shape index (κ2) is 3.88. The largest absolute Gasteiger partial charge is 0.392 e. The minimum atomic E-state index is -0.224. The van der Waals surface area contributed by atoms with Crippen LogP contribution in [0.15, 0.2) is 12.1 Å². The first-order valence-corrected chi connectivity index (χ1v) is 4.46. The van der Waals surface area contributed by atoms with E-state index in [9.17, 15) is 4.39 Å². The van der Waals surface area contributed by atoms with Crippen molar-refractivity contribution in [2.24, 2.45) is 0 Å². The predicted octanol–water partition coefficient (Wildman–Crippen LogP) is 2.75. The summed E-state index contributed by atoms with van der Waals surface area (Å²) in [5.41, 5.74) is 2.59. The number of halogens is 1. The van der Waals surface area contributed by atoms with E-state index >= 15 is 0 Å². The van der Waals surface area contributed by atoms with Crippen molar-refractivity contribution in [1.29, 1.82) is 0 Å². The van der Waals surface area contributed by atoms with Crippen LogP contribution in [-0.4, -0.2) is 5.11 Å². The van der Waals surface area contributed by atoms with Gasteiger partial charge in [-0.3, -0.25) is 0 Å². The van der Waals surface area contributed by atoms with Gasteiger partial charge in [0.25, 0.3) is 0 Å². The Labute approximate surface area is 78.2 Å². The average molecular weight is 182 g/mol. The van der Waals surface area contributed by atoms with E-state index in [0.29, 0.717) is 0 Å². The van der Waals surface area contributed by atoms with Crippen molar-refractivity contribution >= 4 is 0 Å². The van der Waals surface area contributed by atoms with Crippen LogP contribution >= 0.6 is 0 Å². The summed E-state index contributed by atoms with van der Waals surface area (Å²) in [7, 11) is 0. The molecular weight excluding hydrogens is 167 g/mol. The number of rotatable bonds is 2. The standard InChI is InChI=1S/C11H15FO/c1-7(2)10-5-9(12)4-8(3)11(10)6-13/h4-5,7,13H,6H2,1-3H3. The molecule has 13 heavy (non-hydrogen) atoms. The Morgan fingerprint density at radius 2 is 2.00 bits per heavy atom. The topological polar surface area (TPSA) is 20.2 Å². The van der Waals surface area contributed by atoms with Gasteiger partial charge in [0.05, 0.1) is 6.61 Å². The minimum absolute atomic E-state index is 0.0143. The number of aliphatic hydroxyl groups is 1. The molecule has 0 spiro atoms. The van der Waals surface area contributed by atoms with E-state index in [1.54, 1.807) is 0 Å². The molecule has 2 heteroatoms. The monoisotopic (exact) mass is 182 g/mol. The molecular formula is C11H15FO. The van der Waals surface area contributed by atoms with Gasteiger partial charge in [0, 0.05) is 0 Å². The number of hydrogen-bond donors (Lipinski definition) is 1. The molecule has 0 aromatic heterocycles. The predicted molar refractivity (Wildman–Crippen MR) is 51.1 cm³/mol. The van der Waals surface area contributed by atoms with Gasteiger partial charge in [-0.05, 0) is 41.7 Å². The average Bonchev–Trinajstić information content (AvgIpc) is 2.02. The van der Waals surface area contributed by atoms with Gasteiger partial charge >= 0.3 is 0 Å². The zero-order chi connectivity index (χ0) is 10.0. The Morgan fingerprint density at radius 3 is 2.46 bits per heavy atom. The summed E-state index contributed by atoms with van der Waals surface area (Å²) in [4.78, 5) is 0. The first-order valence-electron chi connectivity index (χ1n) is 4.46. The minimum Gasteiger partial charge on any atom is -0.392 e. The van der Waals surface area contributed by atoms with E-state index in [2.05, 4.69) is 0 Å². The molecule has 0 fully saturated rings. The number of benzene rings is 1. The third-order valence-electron chi connectivity index (χ3n) is 2.25. The molecule has 1 nitrogen and oxygen atoms in total. The number of aryl methyl sites for hydroxylation is 1. The number of aliphatic hydroxyl groups excluding tert-OH is 1. The van der Waals surface area contributed by atoms with Crippen molar-refractivity contribution in [2.75, 3.05) is 0 Å². The molecule has 0 bridgehead atoms. The molecule has 0 unspecified atom stereocenters. The lowest BCUT2D eigenvalue weighted by Crippen LogP contribution is -2.00. The van der Waals surface area contributed by atoms with Gasteiger partial charge in [-0.2, -0.15) is 0 Å². The summed E-state index contributed by atoms with van der Waals surface area (Å²) < 4.78 is 13.0. The maximum absolute atomic E-state index is 13.0. The SMILES string of the molecule is Cc1cc(F)cc(C(C)C)c1CO. The Balaban J connectivity index is 3.29. The molecule has 0 aliphatic carbocycles. The van der Waals surface area contributed by atoms with Crippen molar-refractivity contribution in [3.8, 4) is 0 Å². The normalized spacial score (nSPS) is 10.9. The molecule has 1 N–H and O–H groups in total. The third kappa shape index (κ3) is 2.07. The molecule has 0 atom stereocenters. The van der Waals surface area contributed by atoms with Gasteiger partial charge in [-0.15, -0.1) is 0 Å². The zero-order valence-electron chi connectivity index (χ0n) is 8.26. The molecule has 0 aliphatic rings. The summed E-state index contributed by atoms with van der Waals surface area (Å²) >= 11 is 0. The van der Waals surface area contributed by atoms with Gasteiger partial charge in [0.2, 0.25) is 0 Å². The Kier molecular flexibility index (Phi) is 3.04.